The Balaban J connectivity index is 1.63. The average Bonchev–Trinajstić information content (AvgIpc) is 2.68. The first-order chi connectivity index (χ1) is 13.5. The number of nitrogens with zero attached hydrogens (tertiary/aromatic N) is 5. The highest BCUT2D eigenvalue weighted by atomic mass is 16.6. The fourth-order valence-corrected chi connectivity index (χ4v) is 2.82. The molecule has 2 heterocycles. The number of piperazine rings is 1. The van der Waals surface area contributed by atoms with Gasteiger partial charge in [-0.3, -0.25) is 4.79 Å². The van der Waals surface area contributed by atoms with Crippen molar-refractivity contribution in [3.8, 4) is 0 Å². The molecule has 0 spiro atoms. The maximum atomic E-state index is 11.8. The van der Waals surface area contributed by atoms with E-state index in [0.29, 0.717) is 50.2 Å². The van der Waals surface area contributed by atoms with Crippen molar-refractivity contribution in [2.45, 2.75) is 13.8 Å². The van der Waals surface area contributed by atoms with Crippen LogP contribution in [0, 0.1) is 0 Å². The molecule has 1 aliphatic rings. The number of hydrogen-bond acceptors (Lipinski definition) is 8. The number of ether oxygens (including phenoxy) is 1. The summed E-state index contributed by atoms with van der Waals surface area (Å²) in [4.78, 5) is 31.2. The van der Waals surface area contributed by atoms with Crippen LogP contribution < -0.4 is 15.5 Å². The van der Waals surface area contributed by atoms with E-state index in [4.69, 9.17) is 4.74 Å². The summed E-state index contributed by atoms with van der Waals surface area (Å²) in [5, 5.41) is 14.0. The van der Waals surface area contributed by atoms with Crippen LogP contribution in [-0.2, 0) is 9.53 Å². The fraction of sp³-hybridized carbons (Fsp3) is 0.389. The molecule has 1 aromatic heterocycles. The third-order valence-corrected chi connectivity index (χ3v) is 4.09. The lowest BCUT2D eigenvalue weighted by atomic mass is 10.2. The van der Waals surface area contributed by atoms with Gasteiger partial charge in [0.25, 0.3) is 0 Å². The maximum absolute atomic E-state index is 11.8. The van der Waals surface area contributed by atoms with E-state index in [2.05, 4.69) is 25.8 Å². The summed E-state index contributed by atoms with van der Waals surface area (Å²) in [5.41, 5.74) is 1.46. The van der Waals surface area contributed by atoms with Crippen molar-refractivity contribution in [2.75, 3.05) is 48.3 Å². The van der Waals surface area contributed by atoms with Crippen LogP contribution in [0.1, 0.15) is 13.8 Å². The van der Waals surface area contributed by atoms with Gasteiger partial charge in [-0.05, 0) is 25.1 Å². The van der Waals surface area contributed by atoms with Crippen LogP contribution in [0.3, 0.4) is 0 Å². The minimum Gasteiger partial charge on any atom is -0.450 e. The van der Waals surface area contributed by atoms with E-state index in [9.17, 15) is 9.59 Å². The number of amides is 2. The van der Waals surface area contributed by atoms with E-state index >= 15 is 0 Å². The Morgan fingerprint density at radius 3 is 2.64 bits per heavy atom. The van der Waals surface area contributed by atoms with E-state index in [1.165, 1.54) is 13.1 Å². The predicted octanol–water partition coefficient (Wildman–Crippen LogP) is 1.85. The van der Waals surface area contributed by atoms with Crippen LogP contribution in [0.4, 0.5) is 27.9 Å². The molecule has 0 radical (unpaired) electrons. The Morgan fingerprint density at radius 2 is 1.93 bits per heavy atom. The standard InChI is InChI=1S/C18H23N7O3/c1-3-28-18(27)25-9-7-24(8-10-25)17-22-16(12-19-23-17)21-15-6-4-5-14(11-15)20-13(2)26/h4-6,11-12H,3,7-10H2,1-2H3,(H,20,26)(H,21,22,23). The molecule has 0 atom stereocenters. The van der Waals surface area contributed by atoms with Crippen molar-refractivity contribution in [2.24, 2.45) is 0 Å². The molecule has 0 bridgehead atoms. The van der Waals surface area contributed by atoms with Gasteiger partial charge in [-0.2, -0.15) is 10.1 Å². The summed E-state index contributed by atoms with van der Waals surface area (Å²) in [5.74, 6) is 0.898. The lowest BCUT2D eigenvalue weighted by molar-refractivity contribution is -0.114. The van der Waals surface area contributed by atoms with Gasteiger partial charge < -0.3 is 25.2 Å². The second kappa shape index (κ2) is 8.98. The monoisotopic (exact) mass is 385 g/mol. The number of carbonyl (C=O) groups is 2. The highest BCUT2D eigenvalue weighted by Crippen LogP contribution is 2.20. The summed E-state index contributed by atoms with van der Waals surface area (Å²) in [6.45, 7) is 5.89. The summed E-state index contributed by atoms with van der Waals surface area (Å²) in [6.07, 6.45) is 1.24. The summed E-state index contributed by atoms with van der Waals surface area (Å²) in [6, 6.07) is 7.31. The summed E-state index contributed by atoms with van der Waals surface area (Å²) < 4.78 is 5.03. The molecule has 0 saturated carbocycles. The van der Waals surface area contributed by atoms with E-state index in [1.54, 1.807) is 24.0 Å². The molecule has 10 nitrogen and oxygen atoms in total. The second-order valence-electron chi connectivity index (χ2n) is 6.20. The van der Waals surface area contributed by atoms with Gasteiger partial charge in [0.2, 0.25) is 11.9 Å². The number of benzene rings is 1. The van der Waals surface area contributed by atoms with E-state index in [0.717, 1.165) is 5.69 Å². The van der Waals surface area contributed by atoms with Gasteiger partial charge in [0.15, 0.2) is 5.82 Å². The molecule has 2 amide bonds. The van der Waals surface area contributed by atoms with Crippen molar-refractivity contribution < 1.29 is 14.3 Å². The molecular weight excluding hydrogens is 362 g/mol. The number of rotatable bonds is 5. The molecule has 10 heteroatoms. The molecule has 2 N–H and O–H groups in total. The molecule has 1 saturated heterocycles. The molecule has 1 fully saturated rings. The Labute approximate surface area is 162 Å². The lowest BCUT2D eigenvalue weighted by Gasteiger charge is -2.33. The molecular formula is C18H23N7O3. The van der Waals surface area contributed by atoms with Gasteiger partial charge in [-0.25, -0.2) is 4.79 Å². The zero-order chi connectivity index (χ0) is 19.9. The minimum absolute atomic E-state index is 0.134. The quantitative estimate of drug-likeness (QED) is 0.802. The molecule has 1 aliphatic heterocycles. The Kier molecular flexibility index (Phi) is 6.20. The number of anilines is 4. The zero-order valence-corrected chi connectivity index (χ0v) is 15.9. The highest BCUT2D eigenvalue weighted by Gasteiger charge is 2.23. The smallest absolute Gasteiger partial charge is 0.409 e. The topological polar surface area (TPSA) is 113 Å². The first kappa shape index (κ1) is 19.3. The van der Waals surface area contributed by atoms with Gasteiger partial charge in [-0.1, -0.05) is 6.07 Å². The Morgan fingerprint density at radius 1 is 1.18 bits per heavy atom. The molecule has 2 aromatic rings. The molecule has 1 aromatic carbocycles. The highest BCUT2D eigenvalue weighted by molar-refractivity contribution is 5.89. The van der Waals surface area contributed by atoms with Crippen LogP contribution in [0.2, 0.25) is 0 Å². The molecule has 0 unspecified atom stereocenters. The van der Waals surface area contributed by atoms with Gasteiger partial charge in [0, 0.05) is 44.5 Å². The van der Waals surface area contributed by atoms with Crippen molar-refractivity contribution >= 4 is 35.1 Å². The first-order valence-electron chi connectivity index (χ1n) is 9.06. The van der Waals surface area contributed by atoms with Crippen molar-refractivity contribution in [1.29, 1.82) is 0 Å². The lowest BCUT2D eigenvalue weighted by Crippen LogP contribution is -2.49. The van der Waals surface area contributed by atoms with Crippen LogP contribution >= 0.6 is 0 Å². The zero-order valence-electron chi connectivity index (χ0n) is 15.9. The van der Waals surface area contributed by atoms with Gasteiger partial charge in [0.05, 0.1) is 12.8 Å². The van der Waals surface area contributed by atoms with Gasteiger partial charge in [0.1, 0.15) is 0 Å². The van der Waals surface area contributed by atoms with Gasteiger partial charge >= 0.3 is 6.09 Å². The normalized spacial score (nSPS) is 13.8. The summed E-state index contributed by atoms with van der Waals surface area (Å²) in [7, 11) is 0. The SMILES string of the molecule is CCOC(=O)N1CCN(c2nncc(Nc3cccc(NC(C)=O)c3)n2)CC1. The van der Waals surface area contributed by atoms with Crippen LogP contribution in [0.25, 0.3) is 0 Å². The molecule has 0 aliphatic carbocycles. The third kappa shape index (κ3) is 5.06. The number of nitrogens with one attached hydrogen (secondary N) is 2. The average molecular weight is 385 g/mol. The third-order valence-electron chi connectivity index (χ3n) is 4.09. The number of hydrogen-bond donors (Lipinski definition) is 2. The number of carbonyl (C=O) groups excluding carboxylic acids is 2. The largest absolute Gasteiger partial charge is 0.450 e. The van der Waals surface area contributed by atoms with Crippen LogP contribution in [0.5, 0.6) is 0 Å². The predicted molar refractivity (Wildman–Crippen MR) is 105 cm³/mol. The Bertz CT molecular complexity index is 837. The molecule has 28 heavy (non-hydrogen) atoms. The molecule has 148 valence electrons. The van der Waals surface area contributed by atoms with E-state index in [1.807, 2.05) is 17.0 Å². The van der Waals surface area contributed by atoms with Crippen LogP contribution in [0.15, 0.2) is 30.5 Å². The van der Waals surface area contributed by atoms with Gasteiger partial charge in [-0.15, -0.1) is 5.10 Å². The minimum atomic E-state index is -0.296. The first-order valence-corrected chi connectivity index (χ1v) is 9.06. The number of aromatic nitrogens is 3. The summed E-state index contributed by atoms with van der Waals surface area (Å²) >= 11 is 0. The van der Waals surface area contributed by atoms with E-state index < -0.39 is 0 Å². The fourth-order valence-electron chi connectivity index (χ4n) is 2.82. The Hall–Kier alpha value is -3.43. The maximum Gasteiger partial charge on any atom is 0.409 e. The van der Waals surface area contributed by atoms with Crippen molar-refractivity contribution in [3.05, 3.63) is 30.5 Å². The molecule has 3 rings (SSSR count). The van der Waals surface area contributed by atoms with E-state index in [-0.39, 0.29) is 12.0 Å². The second-order valence-corrected chi connectivity index (χ2v) is 6.20. The van der Waals surface area contributed by atoms with Crippen molar-refractivity contribution in [1.82, 2.24) is 20.1 Å². The van der Waals surface area contributed by atoms with Crippen molar-refractivity contribution in [3.63, 3.8) is 0 Å². The van der Waals surface area contributed by atoms with Crippen LogP contribution in [-0.4, -0.2) is 64.9 Å².